The molecule has 2 unspecified atom stereocenters. The summed E-state index contributed by atoms with van der Waals surface area (Å²) in [4.78, 5) is 9.04. The summed E-state index contributed by atoms with van der Waals surface area (Å²) in [6, 6.07) is 7.60. The summed E-state index contributed by atoms with van der Waals surface area (Å²) in [5.74, 6) is 1.80. The second-order valence-electron chi connectivity index (χ2n) is 8.49. The Bertz CT molecular complexity index is 687. The van der Waals surface area contributed by atoms with Crippen molar-refractivity contribution in [2.45, 2.75) is 91.2 Å². The van der Waals surface area contributed by atoms with Crippen molar-refractivity contribution in [1.29, 1.82) is 0 Å². The monoisotopic (exact) mass is 414 g/mol. The number of hydrogen-bond acceptors (Lipinski definition) is 3. The molecule has 0 N–H and O–H groups in total. The van der Waals surface area contributed by atoms with Crippen LogP contribution in [0.4, 0.5) is 4.39 Å². The first-order chi connectivity index (χ1) is 14.6. The Morgan fingerprint density at radius 2 is 1.57 bits per heavy atom. The van der Waals surface area contributed by atoms with Crippen LogP contribution in [0.25, 0.3) is 11.4 Å². The van der Waals surface area contributed by atoms with E-state index in [4.69, 9.17) is 4.74 Å². The van der Waals surface area contributed by atoms with Gasteiger partial charge in [-0.15, -0.1) is 0 Å². The molecule has 2 rings (SSSR count). The predicted octanol–water partition coefficient (Wildman–Crippen LogP) is 7.59. The first kappa shape index (κ1) is 24.3. The van der Waals surface area contributed by atoms with Crippen LogP contribution in [-0.2, 0) is 6.42 Å². The summed E-state index contributed by atoms with van der Waals surface area (Å²) in [6.07, 6.45) is 14.5. The number of halogens is 1. The lowest BCUT2D eigenvalue weighted by Crippen LogP contribution is -2.16. The van der Waals surface area contributed by atoms with Crippen molar-refractivity contribution < 1.29 is 9.13 Å². The second-order valence-corrected chi connectivity index (χ2v) is 8.49. The highest BCUT2D eigenvalue weighted by Crippen LogP contribution is 2.21. The van der Waals surface area contributed by atoms with E-state index in [-0.39, 0.29) is 6.61 Å². The van der Waals surface area contributed by atoms with Gasteiger partial charge in [0.25, 0.3) is 0 Å². The molecule has 2 atom stereocenters. The van der Waals surface area contributed by atoms with Gasteiger partial charge in [-0.3, -0.25) is 0 Å². The summed E-state index contributed by atoms with van der Waals surface area (Å²) >= 11 is 0. The molecule has 0 saturated carbocycles. The maximum atomic E-state index is 14.1. The number of ether oxygens (including phenoxy) is 1. The van der Waals surface area contributed by atoms with Gasteiger partial charge < -0.3 is 4.74 Å². The number of alkyl halides is 1. The van der Waals surface area contributed by atoms with Gasteiger partial charge in [-0.2, -0.15) is 0 Å². The predicted molar refractivity (Wildman–Crippen MR) is 124 cm³/mol. The Labute approximate surface area is 182 Å². The fourth-order valence-corrected chi connectivity index (χ4v) is 3.74. The van der Waals surface area contributed by atoms with Crippen LogP contribution in [0.5, 0.6) is 5.75 Å². The molecule has 1 heterocycles. The molecule has 3 nitrogen and oxygen atoms in total. The third-order valence-electron chi connectivity index (χ3n) is 5.51. The van der Waals surface area contributed by atoms with Crippen LogP contribution in [0, 0.1) is 5.92 Å². The Hall–Kier alpha value is -1.97. The van der Waals surface area contributed by atoms with Gasteiger partial charge in [-0.25, -0.2) is 14.4 Å². The SMILES string of the molecule is CCCCCCCCc1cnc(-c2ccc(OCC(F)CC(C)CCC)cc2)nc1. The number of nitrogens with zero attached hydrogens (tertiary/aromatic N) is 2. The van der Waals surface area contributed by atoms with E-state index < -0.39 is 6.17 Å². The molecule has 1 aromatic carbocycles. The largest absolute Gasteiger partial charge is 0.491 e. The van der Waals surface area contributed by atoms with E-state index in [1.54, 1.807) is 0 Å². The summed E-state index contributed by atoms with van der Waals surface area (Å²) in [6.45, 7) is 6.59. The van der Waals surface area contributed by atoms with Crippen LogP contribution < -0.4 is 4.74 Å². The molecule has 30 heavy (non-hydrogen) atoms. The van der Waals surface area contributed by atoms with Crippen molar-refractivity contribution in [1.82, 2.24) is 9.97 Å². The van der Waals surface area contributed by atoms with E-state index >= 15 is 0 Å². The van der Waals surface area contributed by atoms with E-state index in [0.717, 1.165) is 24.8 Å². The normalized spacial score (nSPS) is 13.2. The highest BCUT2D eigenvalue weighted by molar-refractivity contribution is 5.55. The van der Waals surface area contributed by atoms with Crippen LogP contribution in [0.3, 0.4) is 0 Å². The molecule has 2 aromatic rings. The van der Waals surface area contributed by atoms with E-state index in [0.29, 0.717) is 23.9 Å². The minimum Gasteiger partial charge on any atom is -0.491 e. The Morgan fingerprint density at radius 1 is 0.900 bits per heavy atom. The molecule has 0 aliphatic heterocycles. The number of rotatable bonds is 15. The molecular formula is C26H39FN2O. The van der Waals surface area contributed by atoms with Crippen molar-refractivity contribution in [2.24, 2.45) is 5.92 Å². The topological polar surface area (TPSA) is 35.0 Å². The minimum atomic E-state index is -0.922. The van der Waals surface area contributed by atoms with Gasteiger partial charge in [0.2, 0.25) is 0 Å². The molecule has 0 bridgehead atoms. The van der Waals surface area contributed by atoms with Gasteiger partial charge >= 0.3 is 0 Å². The van der Waals surface area contributed by atoms with Crippen LogP contribution >= 0.6 is 0 Å². The van der Waals surface area contributed by atoms with Crippen molar-refractivity contribution in [3.63, 3.8) is 0 Å². The Kier molecular flexibility index (Phi) is 11.4. The highest BCUT2D eigenvalue weighted by atomic mass is 19.1. The van der Waals surface area contributed by atoms with E-state index in [9.17, 15) is 4.39 Å². The van der Waals surface area contributed by atoms with E-state index in [1.807, 2.05) is 36.7 Å². The molecule has 0 amide bonds. The van der Waals surface area contributed by atoms with E-state index in [2.05, 4.69) is 30.7 Å². The zero-order valence-corrected chi connectivity index (χ0v) is 19.1. The van der Waals surface area contributed by atoms with Crippen LogP contribution in [0.2, 0.25) is 0 Å². The lowest BCUT2D eigenvalue weighted by molar-refractivity contribution is 0.169. The van der Waals surface area contributed by atoms with E-state index in [1.165, 1.54) is 44.1 Å². The number of hydrogen-bond donors (Lipinski definition) is 0. The molecule has 0 aliphatic rings. The fraction of sp³-hybridized carbons (Fsp3) is 0.615. The fourth-order valence-electron chi connectivity index (χ4n) is 3.74. The summed E-state index contributed by atoms with van der Waals surface area (Å²) < 4.78 is 19.7. The van der Waals surface area contributed by atoms with Gasteiger partial charge in [0.05, 0.1) is 0 Å². The summed E-state index contributed by atoms with van der Waals surface area (Å²) in [5.41, 5.74) is 2.14. The van der Waals surface area contributed by atoms with Crippen LogP contribution in [0.15, 0.2) is 36.7 Å². The number of aromatic nitrogens is 2. The van der Waals surface area contributed by atoms with Gasteiger partial charge in [-0.1, -0.05) is 65.7 Å². The first-order valence-corrected chi connectivity index (χ1v) is 11.8. The lowest BCUT2D eigenvalue weighted by atomic mass is 10.00. The van der Waals surface area contributed by atoms with Gasteiger partial charge in [0.1, 0.15) is 18.5 Å². The van der Waals surface area contributed by atoms with Crippen molar-refractivity contribution >= 4 is 0 Å². The molecule has 1 aromatic heterocycles. The van der Waals surface area contributed by atoms with Crippen LogP contribution in [0.1, 0.15) is 84.1 Å². The van der Waals surface area contributed by atoms with Crippen LogP contribution in [-0.4, -0.2) is 22.7 Å². The first-order valence-electron chi connectivity index (χ1n) is 11.8. The average molecular weight is 415 g/mol. The highest BCUT2D eigenvalue weighted by Gasteiger charge is 2.12. The van der Waals surface area contributed by atoms with Gasteiger partial charge in [0.15, 0.2) is 5.82 Å². The third kappa shape index (κ3) is 9.23. The lowest BCUT2D eigenvalue weighted by Gasteiger charge is -2.15. The molecule has 166 valence electrons. The van der Waals surface area contributed by atoms with Gasteiger partial charge in [-0.05, 0) is 55.0 Å². The molecule has 0 aliphatic carbocycles. The van der Waals surface area contributed by atoms with Crippen molar-refractivity contribution in [3.05, 3.63) is 42.2 Å². The zero-order chi connectivity index (χ0) is 21.6. The number of benzene rings is 1. The molecule has 0 fully saturated rings. The molecule has 0 saturated heterocycles. The number of unbranched alkanes of at least 4 members (excludes halogenated alkanes) is 5. The summed E-state index contributed by atoms with van der Waals surface area (Å²) in [7, 11) is 0. The molecule has 4 heteroatoms. The molecular weight excluding hydrogens is 375 g/mol. The standard InChI is InChI=1S/C26H39FN2O/c1-4-6-7-8-9-10-12-22-18-28-26(29-19-22)23-13-15-25(16-14-23)30-20-24(27)17-21(3)11-5-2/h13-16,18-19,21,24H,4-12,17,20H2,1-3H3. The maximum absolute atomic E-state index is 14.1. The average Bonchev–Trinajstić information content (AvgIpc) is 2.76. The quantitative estimate of drug-likeness (QED) is 0.282. The maximum Gasteiger partial charge on any atom is 0.159 e. The Balaban J connectivity index is 1.76. The Morgan fingerprint density at radius 3 is 2.23 bits per heavy atom. The number of aryl methyl sites for hydroxylation is 1. The second kappa shape index (κ2) is 14.1. The summed E-state index contributed by atoms with van der Waals surface area (Å²) in [5, 5.41) is 0. The molecule has 0 radical (unpaired) electrons. The molecule has 0 spiro atoms. The zero-order valence-electron chi connectivity index (χ0n) is 19.1. The van der Waals surface area contributed by atoms with Crippen molar-refractivity contribution in [2.75, 3.05) is 6.61 Å². The van der Waals surface area contributed by atoms with Crippen molar-refractivity contribution in [3.8, 4) is 17.1 Å². The third-order valence-corrected chi connectivity index (χ3v) is 5.51. The van der Waals surface area contributed by atoms with Gasteiger partial charge in [0, 0.05) is 18.0 Å². The minimum absolute atomic E-state index is 0.108. The smallest absolute Gasteiger partial charge is 0.159 e.